The minimum atomic E-state index is -0.248. The number of aromatic nitrogens is 1. The van der Waals surface area contributed by atoms with E-state index >= 15 is 0 Å². The lowest BCUT2D eigenvalue weighted by Gasteiger charge is -2.30. The van der Waals surface area contributed by atoms with Crippen LogP contribution in [0.3, 0.4) is 0 Å². The van der Waals surface area contributed by atoms with Crippen LogP contribution in [-0.4, -0.2) is 34.0 Å². The van der Waals surface area contributed by atoms with Gasteiger partial charge in [-0.3, -0.25) is 14.6 Å². The van der Waals surface area contributed by atoms with E-state index in [2.05, 4.69) is 10.3 Å². The maximum Gasteiger partial charge on any atom is 0.287 e. The third kappa shape index (κ3) is 4.57. The van der Waals surface area contributed by atoms with Gasteiger partial charge in [0.15, 0.2) is 5.76 Å². The molecule has 1 aromatic carbocycles. The van der Waals surface area contributed by atoms with Crippen LogP contribution in [0.5, 0.6) is 0 Å². The summed E-state index contributed by atoms with van der Waals surface area (Å²) in [6, 6.07) is 13.3. The molecule has 0 unspecified atom stereocenters. The van der Waals surface area contributed by atoms with Gasteiger partial charge >= 0.3 is 0 Å². The maximum absolute atomic E-state index is 12.7. The number of rotatable bonds is 6. The molecule has 0 bridgehead atoms. The zero-order chi connectivity index (χ0) is 20.9. The van der Waals surface area contributed by atoms with Crippen molar-refractivity contribution in [3.05, 3.63) is 83.1 Å². The number of furan rings is 1. The monoisotopic (exact) mass is 421 g/mol. The van der Waals surface area contributed by atoms with Gasteiger partial charge in [-0.05, 0) is 54.3 Å². The quantitative estimate of drug-likeness (QED) is 0.616. The van der Waals surface area contributed by atoms with Crippen LogP contribution in [-0.2, 0) is 24.3 Å². The topological polar surface area (TPSA) is 75.4 Å². The van der Waals surface area contributed by atoms with Crippen molar-refractivity contribution < 1.29 is 14.0 Å². The highest BCUT2D eigenvalue weighted by Crippen LogP contribution is 2.25. The highest BCUT2D eigenvalue weighted by Gasteiger charge is 2.24. The van der Waals surface area contributed by atoms with Crippen LogP contribution in [0.25, 0.3) is 0 Å². The SMILES string of the molecule is Cc1ncc2c(c1CNC(=O)c1ccco1)CCN(C(=O)CSc1ccccc1)C2. The standard InChI is InChI=1S/C23H23N3O3S/c1-16-20(13-25-23(28)21-8-5-11-29-21)19-9-10-26(14-17(19)12-24-16)22(27)15-30-18-6-3-2-4-7-18/h2-8,11-12H,9-10,13-15H2,1H3,(H,25,28). The van der Waals surface area contributed by atoms with Gasteiger partial charge in [-0.2, -0.15) is 0 Å². The van der Waals surface area contributed by atoms with Gasteiger partial charge in [-0.15, -0.1) is 11.8 Å². The Kier molecular flexibility index (Phi) is 6.18. The molecule has 0 aliphatic carbocycles. The number of fused-ring (bicyclic) bond motifs is 1. The third-order valence-electron chi connectivity index (χ3n) is 5.22. The fourth-order valence-electron chi connectivity index (χ4n) is 3.59. The second-order valence-electron chi connectivity index (χ2n) is 7.15. The van der Waals surface area contributed by atoms with Crippen LogP contribution in [0.1, 0.15) is 32.9 Å². The summed E-state index contributed by atoms with van der Waals surface area (Å²) < 4.78 is 5.15. The number of carbonyl (C=O) groups is 2. The molecule has 3 aromatic rings. The average molecular weight is 422 g/mol. The largest absolute Gasteiger partial charge is 0.459 e. The molecule has 1 N–H and O–H groups in total. The molecule has 0 spiro atoms. The number of pyridine rings is 1. The van der Waals surface area contributed by atoms with E-state index in [1.165, 1.54) is 11.8 Å². The van der Waals surface area contributed by atoms with Gasteiger partial charge in [-0.1, -0.05) is 18.2 Å². The van der Waals surface area contributed by atoms with Gasteiger partial charge in [0, 0.05) is 36.4 Å². The molecule has 1 aliphatic rings. The van der Waals surface area contributed by atoms with E-state index < -0.39 is 0 Å². The predicted octanol–water partition coefficient (Wildman–Crippen LogP) is 3.59. The number of aryl methyl sites for hydroxylation is 1. The number of carbonyl (C=O) groups excluding carboxylic acids is 2. The maximum atomic E-state index is 12.7. The summed E-state index contributed by atoms with van der Waals surface area (Å²) in [5.74, 6) is 0.591. The lowest BCUT2D eigenvalue weighted by molar-refractivity contribution is -0.129. The number of amides is 2. The molecular formula is C23H23N3O3S. The van der Waals surface area contributed by atoms with Crippen molar-refractivity contribution in [3.63, 3.8) is 0 Å². The number of hydrogen-bond acceptors (Lipinski definition) is 5. The number of nitrogens with one attached hydrogen (secondary N) is 1. The van der Waals surface area contributed by atoms with E-state index in [0.29, 0.717) is 25.4 Å². The van der Waals surface area contributed by atoms with E-state index in [-0.39, 0.29) is 17.6 Å². The molecule has 2 aromatic heterocycles. The summed E-state index contributed by atoms with van der Waals surface area (Å²) in [6.45, 7) is 3.56. The molecule has 0 saturated heterocycles. The Hall–Kier alpha value is -3.06. The first kappa shape index (κ1) is 20.2. The molecule has 154 valence electrons. The molecule has 30 heavy (non-hydrogen) atoms. The number of nitrogens with zero attached hydrogens (tertiary/aromatic N) is 2. The van der Waals surface area contributed by atoms with Crippen molar-refractivity contribution in [2.75, 3.05) is 12.3 Å². The summed E-state index contributed by atoms with van der Waals surface area (Å²) in [7, 11) is 0. The molecule has 4 rings (SSSR count). The highest BCUT2D eigenvalue weighted by molar-refractivity contribution is 8.00. The molecule has 0 saturated carbocycles. The molecule has 0 fully saturated rings. The van der Waals surface area contributed by atoms with Gasteiger partial charge in [-0.25, -0.2) is 0 Å². The van der Waals surface area contributed by atoms with E-state index in [1.807, 2.05) is 48.4 Å². The Balaban J connectivity index is 1.41. The minimum Gasteiger partial charge on any atom is -0.459 e. The van der Waals surface area contributed by atoms with Crippen LogP contribution < -0.4 is 5.32 Å². The van der Waals surface area contributed by atoms with Crippen molar-refractivity contribution in [3.8, 4) is 0 Å². The molecule has 0 radical (unpaired) electrons. The van der Waals surface area contributed by atoms with Crippen LogP contribution in [0.4, 0.5) is 0 Å². The minimum absolute atomic E-state index is 0.128. The van der Waals surface area contributed by atoms with Crippen LogP contribution in [0.15, 0.2) is 64.2 Å². The smallest absolute Gasteiger partial charge is 0.287 e. The van der Waals surface area contributed by atoms with Crippen molar-refractivity contribution in [1.29, 1.82) is 0 Å². The van der Waals surface area contributed by atoms with Gasteiger partial charge in [0.25, 0.3) is 5.91 Å². The van der Waals surface area contributed by atoms with E-state index in [9.17, 15) is 9.59 Å². The van der Waals surface area contributed by atoms with Crippen molar-refractivity contribution in [2.45, 2.75) is 31.3 Å². The first-order valence-electron chi connectivity index (χ1n) is 9.85. The Morgan fingerprint density at radius 3 is 2.80 bits per heavy atom. The summed E-state index contributed by atoms with van der Waals surface area (Å²) >= 11 is 1.56. The molecule has 7 heteroatoms. The molecule has 3 heterocycles. The van der Waals surface area contributed by atoms with E-state index in [4.69, 9.17) is 4.42 Å². The normalized spacial score (nSPS) is 13.0. The fourth-order valence-corrected chi connectivity index (χ4v) is 4.41. The second kappa shape index (κ2) is 9.17. The van der Waals surface area contributed by atoms with Gasteiger partial charge in [0.1, 0.15) is 0 Å². The van der Waals surface area contributed by atoms with Crippen molar-refractivity contribution >= 4 is 23.6 Å². The summed E-state index contributed by atoms with van der Waals surface area (Å²) in [6.07, 6.45) is 4.09. The van der Waals surface area contributed by atoms with Gasteiger partial charge in [0.05, 0.1) is 12.0 Å². The molecule has 6 nitrogen and oxygen atoms in total. The molecule has 0 atom stereocenters. The Morgan fingerprint density at radius 1 is 1.20 bits per heavy atom. The molecule has 1 aliphatic heterocycles. The number of thioether (sulfide) groups is 1. The van der Waals surface area contributed by atoms with Crippen LogP contribution in [0.2, 0.25) is 0 Å². The fraction of sp³-hybridized carbons (Fsp3) is 0.261. The Labute approximate surface area is 179 Å². The van der Waals surface area contributed by atoms with Crippen LogP contribution >= 0.6 is 11.8 Å². The number of benzene rings is 1. The molecule has 2 amide bonds. The van der Waals surface area contributed by atoms with Gasteiger partial charge in [0.2, 0.25) is 5.91 Å². The zero-order valence-corrected chi connectivity index (χ0v) is 17.6. The Bertz CT molecular complexity index is 1040. The average Bonchev–Trinajstić information content (AvgIpc) is 3.32. The Morgan fingerprint density at radius 2 is 2.03 bits per heavy atom. The first-order chi connectivity index (χ1) is 14.6. The predicted molar refractivity (Wildman–Crippen MR) is 115 cm³/mol. The zero-order valence-electron chi connectivity index (χ0n) is 16.8. The van der Waals surface area contributed by atoms with Crippen molar-refractivity contribution in [1.82, 2.24) is 15.2 Å². The van der Waals surface area contributed by atoms with Gasteiger partial charge < -0.3 is 14.6 Å². The second-order valence-corrected chi connectivity index (χ2v) is 8.20. The number of hydrogen-bond donors (Lipinski definition) is 1. The summed E-state index contributed by atoms with van der Waals surface area (Å²) in [5.41, 5.74) is 4.15. The summed E-state index contributed by atoms with van der Waals surface area (Å²) in [4.78, 5) is 32.4. The van der Waals surface area contributed by atoms with E-state index in [0.717, 1.165) is 28.1 Å². The van der Waals surface area contributed by atoms with Crippen molar-refractivity contribution in [2.24, 2.45) is 0 Å². The third-order valence-corrected chi connectivity index (χ3v) is 6.22. The molecular weight excluding hydrogens is 398 g/mol. The lowest BCUT2D eigenvalue weighted by atomic mass is 9.95. The van der Waals surface area contributed by atoms with Crippen LogP contribution in [0, 0.1) is 6.92 Å². The first-order valence-corrected chi connectivity index (χ1v) is 10.8. The summed E-state index contributed by atoms with van der Waals surface area (Å²) in [5, 5.41) is 2.91. The lowest BCUT2D eigenvalue weighted by Crippen LogP contribution is -2.38. The van der Waals surface area contributed by atoms with E-state index in [1.54, 1.807) is 23.9 Å². The highest BCUT2D eigenvalue weighted by atomic mass is 32.2.